The van der Waals surface area contributed by atoms with Crippen molar-refractivity contribution in [3.05, 3.63) is 35.4 Å². The van der Waals surface area contributed by atoms with Crippen LogP contribution in [-0.2, 0) is 12.8 Å². The van der Waals surface area contributed by atoms with Crippen LogP contribution >= 0.6 is 0 Å². The highest BCUT2D eigenvalue weighted by molar-refractivity contribution is 5.29. The van der Waals surface area contributed by atoms with E-state index in [0.29, 0.717) is 6.42 Å². The Kier molecular flexibility index (Phi) is 4.01. The van der Waals surface area contributed by atoms with E-state index in [0.717, 1.165) is 18.4 Å². The molecule has 1 rings (SSSR count). The first kappa shape index (κ1) is 9.76. The first-order valence-electron chi connectivity index (χ1n) is 4.43. The normalized spacial score (nSPS) is 9.54. The van der Waals surface area contributed by atoms with Crippen molar-refractivity contribution < 1.29 is 5.11 Å². The number of benzene rings is 1. The van der Waals surface area contributed by atoms with Crippen molar-refractivity contribution in [1.82, 2.24) is 0 Å². The Morgan fingerprint density at radius 3 is 2.54 bits per heavy atom. The molecule has 2 nitrogen and oxygen atoms in total. The molecule has 0 heterocycles. The van der Waals surface area contributed by atoms with Gasteiger partial charge in [-0.2, -0.15) is 5.26 Å². The highest BCUT2D eigenvalue weighted by Crippen LogP contribution is 2.11. The van der Waals surface area contributed by atoms with Crippen molar-refractivity contribution in [2.45, 2.75) is 19.3 Å². The first-order chi connectivity index (χ1) is 6.38. The van der Waals surface area contributed by atoms with Crippen LogP contribution in [0.1, 0.15) is 17.5 Å². The number of aryl methyl sites for hydroxylation is 1. The average Bonchev–Trinajstić information content (AvgIpc) is 2.17. The second-order valence-electron chi connectivity index (χ2n) is 2.93. The second kappa shape index (κ2) is 5.34. The Balaban J connectivity index is 2.73. The van der Waals surface area contributed by atoms with Crippen molar-refractivity contribution in [3.8, 4) is 6.07 Å². The van der Waals surface area contributed by atoms with Crippen molar-refractivity contribution in [2.75, 3.05) is 6.61 Å². The molecule has 0 unspecified atom stereocenters. The van der Waals surface area contributed by atoms with E-state index in [4.69, 9.17) is 10.4 Å². The van der Waals surface area contributed by atoms with Gasteiger partial charge in [0.2, 0.25) is 0 Å². The molecule has 0 aliphatic carbocycles. The number of rotatable bonds is 4. The monoisotopic (exact) mass is 175 g/mol. The Bertz CT molecular complexity index is 301. The summed E-state index contributed by atoms with van der Waals surface area (Å²) in [6.45, 7) is 0.209. The number of nitrogens with zero attached hydrogens (tertiary/aromatic N) is 1. The summed E-state index contributed by atoms with van der Waals surface area (Å²) in [5, 5.41) is 17.3. The molecule has 0 amide bonds. The molecule has 0 aliphatic heterocycles. The van der Waals surface area contributed by atoms with Crippen LogP contribution in [0.15, 0.2) is 24.3 Å². The highest BCUT2D eigenvalue weighted by atomic mass is 16.2. The fourth-order valence-electron chi connectivity index (χ4n) is 1.33. The number of nitriles is 1. The van der Waals surface area contributed by atoms with Crippen LogP contribution in [0.2, 0.25) is 0 Å². The van der Waals surface area contributed by atoms with Gasteiger partial charge in [-0.05, 0) is 24.0 Å². The maximum atomic E-state index is 8.68. The molecule has 0 radical (unpaired) electrons. The molecule has 0 atom stereocenters. The zero-order valence-corrected chi connectivity index (χ0v) is 7.53. The van der Waals surface area contributed by atoms with Crippen molar-refractivity contribution in [2.24, 2.45) is 0 Å². The molecular formula is C11H13NO. The molecule has 13 heavy (non-hydrogen) atoms. The molecule has 2 heteroatoms. The largest absolute Gasteiger partial charge is 0.396 e. The summed E-state index contributed by atoms with van der Waals surface area (Å²) >= 11 is 0. The SMILES string of the molecule is N#CCc1ccccc1CCCO. The topological polar surface area (TPSA) is 44.0 Å². The summed E-state index contributed by atoms with van der Waals surface area (Å²) < 4.78 is 0. The molecule has 0 fully saturated rings. The predicted octanol–water partition coefficient (Wildman–Crippen LogP) is 1.68. The van der Waals surface area contributed by atoms with Gasteiger partial charge >= 0.3 is 0 Å². The van der Waals surface area contributed by atoms with Gasteiger partial charge in [-0.25, -0.2) is 0 Å². The van der Waals surface area contributed by atoms with Crippen LogP contribution < -0.4 is 0 Å². The number of aliphatic hydroxyl groups excluding tert-OH is 1. The van der Waals surface area contributed by atoms with Gasteiger partial charge in [-0.3, -0.25) is 0 Å². The molecule has 0 bridgehead atoms. The van der Waals surface area contributed by atoms with Crippen LogP contribution in [0.4, 0.5) is 0 Å². The summed E-state index contributed by atoms with van der Waals surface area (Å²) in [6, 6.07) is 10.0. The molecule has 1 aromatic carbocycles. The molecule has 1 aromatic rings. The second-order valence-corrected chi connectivity index (χ2v) is 2.93. The van der Waals surface area contributed by atoms with Crippen molar-refractivity contribution in [3.63, 3.8) is 0 Å². The number of hydrogen-bond donors (Lipinski definition) is 1. The number of hydrogen-bond acceptors (Lipinski definition) is 2. The summed E-state index contributed by atoms with van der Waals surface area (Å²) in [5.41, 5.74) is 2.26. The van der Waals surface area contributed by atoms with Gasteiger partial charge in [0, 0.05) is 6.61 Å². The third kappa shape index (κ3) is 2.89. The minimum Gasteiger partial charge on any atom is -0.396 e. The third-order valence-electron chi connectivity index (χ3n) is 1.99. The molecule has 0 saturated carbocycles. The predicted molar refractivity (Wildman–Crippen MR) is 51.2 cm³/mol. The maximum absolute atomic E-state index is 8.68. The smallest absolute Gasteiger partial charge is 0.0669 e. The van der Waals surface area contributed by atoms with Crippen molar-refractivity contribution in [1.29, 1.82) is 5.26 Å². The summed E-state index contributed by atoms with van der Waals surface area (Å²) in [5.74, 6) is 0. The van der Waals surface area contributed by atoms with E-state index < -0.39 is 0 Å². The molecular weight excluding hydrogens is 162 g/mol. The summed E-state index contributed by atoms with van der Waals surface area (Å²) in [7, 11) is 0. The third-order valence-corrected chi connectivity index (χ3v) is 1.99. The van der Waals surface area contributed by atoms with Crippen LogP contribution in [0.3, 0.4) is 0 Å². The van der Waals surface area contributed by atoms with E-state index in [1.807, 2.05) is 24.3 Å². The van der Waals surface area contributed by atoms with E-state index in [2.05, 4.69) is 6.07 Å². The van der Waals surface area contributed by atoms with Gasteiger partial charge in [0.1, 0.15) is 0 Å². The lowest BCUT2D eigenvalue weighted by molar-refractivity contribution is 0.288. The van der Waals surface area contributed by atoms with E-state index in [-0.39, 0.29) is 6.61 Å². The summed E-state index contributed by atoms with van der Waals surface area (Å²) in [6.07, 6.45) is 2.08. The minimum absolute atomic E-state index is 0.209. The van der Waals surface area contributed by atoms with Gasteiger partial charge in [-0.1, -0.05) is 24.3 Å². The zero-order chi connectivity index (χ0) is 9.52. The Labute approximate surface area is 78.4 Å². The van der Waals surface area contributed by atoms with Gasteiger partial charge < -0.3 is 5.11 Å². The first-order valence-corrected chi connectivity index (χ1v) is 4.43. The lowest BCUT2D eigenvalue weighted by Gasteiger charge is -2.04. The fraction of sp³-hybridized carbons (Fsp3) is 0.364. The fourth-order valence-corrected chi connectivity index (χ4v) is 1.33. The summed E-state index contributed by atoms with van der Waals surface area (Å²) in [4.78, 5) is 0. The van der Waals surface area contributed by atoms with Crippen molar-refractivity contribution >= 4 is 0 Å². The Morgan fingerprint density at radius 2 is 1.92 bits per heavy atom. The molecule has 1 N–H and O–H groups in total. The maximum Gasteiger partial charge on any atom is 0.0669 e. The molecule has 0 aliphatic rings. The molecule has 0 saturated heterocycles. The van der Waals surface area contributed by atoms with Gasteiger partial charge in [0.15, 0.2) is 0 Å². The molecule has 0 spiro atoms. The van der Waals surface area contributed by atoms with Gasteiger partial charge in [0.05, 0.1) is 12.5 Å². The van der Waals surface area contributed by atoms with Crippen LogP contribution in [0.25, 0.3) is 0 Å². The highest BCUT2D eigenvalue weighted by Gasteiger charge is 1.99. The van der Waals surface area contributed by atoms with Crippen LogP contribution in [0, 0.1) is 11.3 Å². The van der Waals surface area contributed by atoms with Crippen LogP contribution in [0.5, 0.6) is 0 Å². The lowest BCUT2D eigenvalue weighted by Crippen LogP contribution is -1.95. The Hall–Kier alpha value is -1.33. The minimum atomic E-state index is 0.209. The lowest BCUT2D eigenvalue weighted by atomic mass is 10.0. The number of aliphatic hydroxyl groups is 1. The van der Waals surface area contributed by atoms with E-state index in [1.165, 1.54) is 5.56 Å². The Morgan fingerprint density at radius 1 is 1.23 bits per heavy atom. The zero-order valence-electron chi connectivity index (χ0n) is 7.53. The van der Waals surface area contributed by atoms with Gasteiger partial charge in [-0.15, -0.1) is 0 Å². The van der Waals surface area contributed by atoms with Crippen LogP contribution in [-0.4, -0.2) is 11.7 Å². The van der Waals surface area contributed by atoms with E-state index >= 15 is 0 Å². The standard InChI is InChI=1S/C11H13NO/c12-8-7-11-5-2-1-4-10(11)6-3-9-13/h1-2,4-5,13H,3,6-7,9H2. The average molecular weight is 175 g/mol. The molecule has 0 aromatic heterocycles. The molecule has 68 valence electrons. The van der Waals surface area contributed by atoms with Gasteiger partial charge in [0.25, 0.3) is 0 Å². The quantitative estimate of drug-likeness (QED) is 0.756. The van der Waals surface area contributed by atoms with E-state index in [9.17, 15) is 0 Å². The van der Waals surface area contributed by atoms with E-state index in [1.54, 1.807) is 0 Å².